The Bertz CT molecular complexity index is 934. The second-order valence-electron chi connectivity index (χ2n) is 7.20. The van der Waals surface area contributed by atoms with E-state index in [9.17, 15) is 9.59 Å². The number of hydrogen-bond acceptors (Lipinski definition) is 5. The van der Waals surface area contributed by atoms with Crippen LogP contribution in [0.4, 0.5) is 5.00 Å². The number of esters is 1. The molecule has 2 aromatic rings. The number of hydrogen-bond donors (Lipinski definition) is 2. The van der Waals surface area contributed by atoms with Crippen molar-refractivity contribution < 1.29 is 14.3 Å². The maximum atomic E-state index is 12.9. The van der Waals surface area contributed by atoms with Crippen molar-refractivity contribution in [2.75, 3.05) is 25.5 Å². The first-order valence-electron chi connectivity index (χ1n) is 10.4. The van der Waals surface area contributed by atoms with E-state index in [0.29, 0.717) is 39.2 Å². The van der Waals surface area contributed by atoms with E-state index in [1.807, 2.05) is 13.8 Å². The van der Waals surface area contributed by atoms with Crippen molar-refractivity contribution in [3.8, 4) is 0 Å². The molecule has 0 aliphatic heterocycles. The highest BCUT2D eigenvalue weighted by molar-refractivity contribution is 7.80. The van der Waals surface area contributed by atoms with Crippen LogP contribution < -0.4 is 10.6 Å². The fourth-order valence-electron chi connectivity index (χ4n) is 3.33. The Morgan fingerprint density at radius 3 is 2.26 bits per heavy atom. The predicted molar refractivity (Wildman–Crippen MR) is 131 cm³/mol. The minimum absolute atomic E-state index is 0.0278. The standard InChI is InChI=1S/C23H31N3O3S2/c1-7-17(16-12-10-14(4)11-13-16)24-23(30)25-20-18(22(28)29-6)15(5)19(31-20)21(27)26(8-2)9-3/h10-13,17H,7-9H2,1-6H3,(H2,24,25,30). The highest BCUT2D eigenvalue weighted by Crippen LogP contribution is 2.34. The van der Waals surface area contributed by atoms with E-state index < -0.39 is 5.97 Å². The molecule has 0 aliphatic rings. The summed E-state index contributed by atoms with van der Waals surface area (Å²) in [6, 6.07) is 8.32. The molecule has 0 spiro atoms. The van der Waals surface area contributed by atoms with Crippen molar-refractivity contribution in [2.24, 2.45) is 0 Å². The second-order valence-corrected chi connectivity index (χ2v) is 8.63. The van der Waals surface area contributed by atoms with Gasteiger partial charge in [-0.25, -0.2) is 4.79 Å². The van der Waals surface area contributed by atoms with Gasteiger partial charge in [0.15, 0.2) is 5.11 Å². The van der Waals surface area contributed by atoms with Gasteiger partial charge in [-0.2, -0.15) is 0 Å². The summed E-state index contributed by atoms with van der Waals surface area (Å²) in [5.41, 5.74) is 3.27. The number of nitrogens with zero attached hydrogens (tertiary/aromatic N) is 1. The van der Waals surface area contributed by atoms with E-state index in [-0.39, 0.29) is 11.9 Å². The molecule has 0 saturated carbocycles. The number of aryl methyl sites for hydroxylation is 1. The van der Waals surface area contributed by atoms with Gasteiger partial charge in [0.2, 0.25) is 0 Å². The van der Waals surface area contributed by atoms with E-state index in [1.165, 1.54) is 24.0 Å². The molecule has 2 N–H and O–H groups in total. The molecule has 1 heterocycles. The van der Waals surface area contributed by atoms with E-state index in [4.69, 9.17) is 17.0 Å². The van der Waals surface area contributed by atoms with Gasteiger partial charge in [0.25, 0.3) is 5.91 Å². The number of nitrogens with one attached hydrogen (secondary N) is 2. The summed E-state index contributed by atoms with van der Waals surface area (Å²) >= 11 is 6.77. The van der Waals surface area contributed by atoms with Gasteiger partial charge in [-0.15, -0.1) is 11.3 Å². The molecule has 2 rings (SSSR count). The summed E-state index contributed by atoms with van der Waals surface area (Å²) in [5.74, 6) is -0.598. The topological polar surface area (TPSA) is 70.7 Å². The van der Waals surface area contributed by atoms with Crippen LogP contribution in [-0.2, 0) is 4.74 Å². The van der Waals surface area contributed by atoms with Gasteiger partial charge in [0, 0.05) is 13.1 Å². The van der Waals surface area contributed by atoms with E-state index in [2.05, 4.69) is 48.7 Å². The number of carbonyl (C=O) groups is 2. The number of methoxy groups -OCH3 is 1. The Hall–Kier alpha value is -2.45. The van der Waals surface area contributed by atoms with Crippen LogP contribution in [0.25, 0.3) is 0 Å². The minimum atomic E-state index is -0.497. The molecule has 0 aliphatic carbocycles. The Balaban J connectivity index is 2.30. The van der Waals surface area contributed by atoms with Gasteiger partial charge >= 0.3 is 5.97 Å². The Kier molecular flexibility index (Phi) is 9.00. The second kappa shape index (κ2) is 11.2. The van der Waals surface area contributed by atoms with Crippen molar-refractivity contribution >= 4 is 45.5 Å². The van der Waals surface area contributed by atoms with Crippen molar-refractivity contribution in [2.45, 2.75) is 47.1 Å². The summed E-state index contributed by atoms with van der Waals surface area (Å²) in [5, 5.41) is 7.35. The number of ether oxygens (including phenoxy) is 1. The summed E-state index contributed by atoms with van der Waals surface area (Å²) in [6.07, 6.45) is 0.837. The molecule has 1 atom stereocenters. The normalized spacial score (nSPS) is 11.5. The maximum Gasteiger partial charge on any atom is 0.341 e. The highest BCUT2D eigenvalue weighted by Gasteiger charge is 2.27. The van der Waals surface area contributed by atoms with Crippen molar-refractivity contribution in [3.05, 3.63) is 51.4 Å². The molecule has 31 heavy (non-hydrogen) atoms. The molecule has 1 aromatic heterocycles. The summed E-state index contributed by atoms with van der Waals surface area (Å²) in [4.78, 5) is 27.6. The monoisotopic (exact) mass is 461 g/mol. The Labute approximate surface area is 194 Å². The average Bonchev–Trinajstić information content (AvgIpc) is 3.08. The number of anilines is 1. The SMILES string of the molecule is CCC(NC(=S)Nc1sc(C(=O)N(CC)CC)c(C)c1C(=O)OC)c1ccc(C)cc1. The van der Waals surface area contributed by atoms with Gasteiger partial charge in [-0.3, -0.25) is 4.79 Å². The lowest BCUT2D eigenvalue weighted by atomic mass is 10.0. The minimum Gasteiger partial charge on any atom is -0.465 e. The van der Waals surface area contributed by atoms with Gasteiger partial charge in [0.1, 0.15) is 5.00 Å². The third kappa shape index (κ3) is 5.83. The molecule has 168 valence electrons. The Morgan fingerprint density at radius 2 is 1.74 bits per heavy atom. The molecular formula is C23H31N3O3S2. The van der Waals surface area contributed by atoms with Crippen LogP contribution >= 0.6 is 23.6 Å². The molecule has 0 fully saturated rings. The molecule has 0 bridgehead atoms. The van der Waals surface area contributed by atoms with E-state index in [1.54, 1.807) is 11.8 Å². The van der Waals surface area contributed by atoms with E-state index >= 15 is 0 Å². The third-order valence-electron chi connectivity index (χ3n) is 5.20. The lowest BCUT2D eigenvalue weighted by molar-refractivity contribution is 0.0601. The molecular weight excluding hydrogens is 430 g/mol. The predicted octanol–water partition coefficient (Wildman–Crippen LogP) is 5.07. The lowest BCUT2D eigenvalue weighted by Crippen LogP contribution is -2.32. The molecule has 1 aromatic carbocycles. The van der Waals surface area contributed by atoms with Crippen LogP contribution in [0.2, 0.25) is 0 Å². The highest BCUT2D eigenvalue weighted by atomic mass is 32.1. The molecule has 0 saturated heterocycles. The number of carbonyl (C=O) groups excluding carboxylic acids is 2. The fourth-order valence-corrected chi connectivity index (χ4v) is 4.80. The number of rotatable bonds is 8. The van der Waals surface area contributed by atoms with Crippen LogP contribution in [0, 0.1) is 13.8 Å². The summed E-state index contributed by atoms with van der Waals surface area (Å²) < 4.78 is 4.97. The molecule has 1 unspecified atom stereocenters. The number of benzene rings is 1. The molecule has 8 heteroatoms. The summed E-state index contributed by atoms with van der Waals surface area (Å²) in [6.45, 7) is 10.9. The average molecular weight is 462 g/mol. The zero-order valence-corrected chi connectivity index (χ0v) is 20.6. The number of thiocarbonyl (C=S) groups is 1. The van der Waals surface area contributed by atoms with Gasteiger partial charge in [-0.05, 0) is 57.5 Å². The first-order chi connectivity index (χ1) is 14.8. The third-order valence-corrected chi connectivity index (χ3v) is 6.62. The number of thiophene rings is 1. The van der Waals surface area contributed by atoms with Crippen molar-refractivity contribution in [1.82, 2.24) is 10.2 Å². The first kappa shape index (κ1) is 24.8. The number of amides is 1. The van der Waals surface area contributed by atoms with Crippen LogP contribution in [0.1, 0.15) is 70.0 Å². The molecule has 1 amide bonds. The Morgan fingerprint density at radius 1 is 1.13 bits per heavy atom. The van der Waals surface area contributed by atoms with Gasteiger partial charge in [0.05, 0.1) is 23.6 Å². The fraction of sp³-hybridized carbons (Fsp3) is 0.435. The maximum absolute atomic E-state index is 12.9. The lowest BCUT2D eigenvalue weighted by Gasteiger charge is -2.20. The largest absolute Gasteiger partial charge is 0.465 e. The van der Waals surface area contributed by atoms with Gasteiger partial charge in [-0.1, -0.05) is 36.8 Å². The van der Waals surface area contributed by atoms with Crippen LogP contribution in [0.3, 0.4) is 0 Å². The zero-order valence-electron chi connectivity index (χ0n) is 19.0. The van der Waals surface area contributed by atoms with Gasteiger partial charge < -0.3 is 20.3 Å². The first-order valence-corrected chi connectivity index (χ1v) is 11.6. The quantitative estimate of drug-likeness (QED) is 0.422. The van der Waals surface area contributed by atoms with Crippen LogP contribution in [-0.4, -0.2) is 42.1 Å². The smallest absolute Gasteiger partial charge is 0.341 e. The zero-order chi connectivity index (χ0) is 23.1. The molecule has 0 radical (unpaired) electrons. The van der Waals surface area contributed by atoms with Crippen molar-refractivity contribution in [3.63, 3.8) is 0 Å². The summed E-state index contributed by atoms with van der Waals surface area (Å²) in [7, 11) is 1.33. The van der Waals surface area contributed by atoms with Crippen molar-refractivity contribution in [1.29, 1.82) is 0 Å². The van der Waals surface area contributed by atoms with E-state index in [0.717, 1.165) is 12.0 Å². The molecule has 6 nitrogen and oxygen atoms in total. The van der Waals surface area contributed by atoms with Crippen LogP contribution in [0.5, 0.6) is 0 Å². The van der Waals surface area contributed by atoms with Crippen LogP contribution in [0.15, 0.2) is 24.3 Å².